The van der Waals surface area contributed by atoms with Gasteiger partial charge in [-0.15, -0.1) is 0 Å². The molecule has 0 radical (unpaired) electrons. The van der Waals surface area contributed by atoms with Crippen LogP contribution in [0.15, 0.2) is 46.1 Å². The number of allylic oxidation sites excluding steroid dienone is 2. The van der Waals surface area contributed by atoms with Crippen LogP contribution in [0.5, 0.6) is 0 Å². The first-order valence-electron chi connectivity index (χ1n) is 13.5. The minimum atomic E-state index is 0.250. The number of carbonyl (C=O) groups excluding carboxylic acids is 1. The number of morpholine rings is 1. The average molecular weight is 592 g/mol. The van der Waals surface area contributed by atoms with Gasteiger partial charge in [0.1, 0.15) is 11.5 Å². The quantitative estimate of drug-likeness (QED) is 0.229. The predicted octanol–water partition coefficient (Wildman–Crippen LogP) is 6.84. The lowest BCUT2D eigenvalue weighted by molar-refractivity contribution is -0.106. The zero-order valence-corrected chi connectivity index (χ0v) is 25.8. The molecule has 2 aromatic rings. The summed E-state index contributed by atoms with van der Waals surface area (Å²) in [6.07, 6.45) is 13.9. The number of rotatable bonds is 4. The molecule has 3 N–H and O–H groups in total. The van der Waals surface area contributed by atoms with Crippen molar-refractivity contribution in [1.29, 1.82) is 0 Å². The molecular formula is C29H47BrN6O2. The Bertz CT molecular complexity index is 950. The second kappa shape index (κ2) is 22.2. The standard InChI is InChI=1S/C18H22BrN5O.C6H10.2C2H6.CH3NO/c1-12(23-17-13(2)21-11-15(19)18(17)20-3)14-4-5-16(22-10-14)24-6-8-25-9-7-24;1-2-4-6-5-3-1;2*1-2;2-1-3/h4-5,10-11H,6-9H2,1-3H3,(H,20,21);1-2H,3-6H2;2*1-2H3;1H,(H2,2,3). The van der Waals surface area contributed by atoms with Crippen molar-refractivity contribution in [3.63, 3.8) is 0 Å². The van der Waals surface area contributed by atoms with E-state index in [9.17, 15) is 0 Å². The Kier molecular flexibility index (Phi) is 20.6. The molecule has 38 heavy (non-hydrogen) atoms. The van der Waals surface area contributed by atoms with Gasteiger partial charge in [-0.1, -0.05) is 39.8 Å². The van der Waals surface area contributed by atoms with Crippen LogP contribution in [-0.2, 0) is 9.53 Å². The Balaban J connectivity index is 0.000000880. The lowest BCUT2D eigenvalue weighted by Crippen LogP contribution is -2.36. The third-order valence-electron chi connectivity index (χ3n) is 5.38. The number of nitrogens with two attached hydrogens (primary N) is 1. The first kappa shape index (κ1) is 35.2. The summed E-state index contributed by atoms with van der Waals surface area (Å²) < 4.78 is 6.28. The highest BCUT2D eigenvalue weighted by Crippen LogP contribution is 2.34. The number of hydrogen-bond donors (Lipinski definition) is 2. The largest absolute Gasteiger partial charge is 0.385 e. The van der Waals surface area contributed by atoms with E-state index in [1.165, 1.54) is 25.7 Å². The number of pyridine rings is 2. The number of hydrogen-bond acceptors (Lipinski definition) is 7. The number of anilines is 2. The summed E-state index contributed by atoms with van der Waals surface area (Å²) in [6, 6.07) is 4.11. The summed E-state index contributed by atoms with van der Waals surface area (Å²) in [7, 11) is 1.88. The van der Waals surface area contributed by atoms with Gasteiger partial charge in [-0.25, -0.2) is 9.98 Å². The smallest absolute Gasteiger partial charge is 0.204 e. The summed E-state index contributed by atoms with van der Waals surface area (Å²) >= 11 is 3.52. The minimum Gasteiger partial charge on any atom is -0.385 e. The maximum Gasteiger partial charge on any atom is 0.204 e. The van der Waals surface area contributed by atoms with Gasteiger partial charge in [0.05, 0.1) is 29.1 Å². The Morgan fingerprint density at radius 2 is 1.66 bits per heavy atom. The second-order valence-corrected chi connectivity index (χ2v) is 8.61. The van der Waals surface area contributed by atoms with Crippen molar-refractivity contribution in [1.82, 2.24) is 9.97 Å². The lowest BCUT2D eigenvalue weighted by atomic mass is 10.1. The summed E-state index contributed by atoms with van der Waals surface area (Å²) in [5, 5.41) is 3.19. The molecule has 0 bridgehead atoms. The van der Waals surface area contributed by atoms with Crippen LogP contribution in [0.1, 0.15) is 71.6 Å². The number of aromatic nitrogens is 2. The zero-order valence-electron chi connectivity index (χ0n) is 24.3. The highest BCUT2D eigenvalue weighted by Gasteiger charge is 2.13. The normalized spacial score (nSPS) is 14.1. The van der Waals surface area contributed by atoms with Crippen molar-refractivity contribution in [2.24, 2.45) is 10.7 Å². The molecule has 2 aliphatic rings. The Morgan fingerprint density at radius 1 is 1.08 bits per heavy atom. The van der Waals surface area contributed by atoms with Gasteiger partial charge in [-0.05, 0) is 67.6 Å². The maximum absolute atomic E-state index is 8.58. The van der Waals surface area contributed by atoms with Crippen LogP contribution in [-0.4, -0.2) is 55.4 Å². The molecule has 9 heteroatoms. The molecule has 212 valence electrons. The maximum atomic E-state index is 8.58. The van der Waals surface area contributed by atoms with Crippen LogP contribution < -0.4 is 16.0 Å². The van der Waals surface area contributed by atoms with E-state index in [0.29, 0.717) is 0 Å². The van der Waals surface area contributed by atoms with Gasteiger partial charge in [0, 0.05) is 43.8 Å². The molecule has 0 saturated carbocycles. The molecule has 1 amide bonds. The van der Waals surface area contributed by atoms with E-state index in [1.54, 1.807) is 6.20 Å². The number of aryl methyl sites for hydroxylation is 1. The van der Waals surface area contributed by atoms with Crippen molar-refractivity contribution in [2.45, 2.75) is 67.2 Å². The molecule has 2 aromatic heterocycles. The summed E-state index contributed by atoms with van der Waals surface area (Å²) in [4.78, 5) is 24.6. The fourth-order valence-electron chi connectivity index (χ4n) is 3.52. The van der Waals surface area contributed by atoms with Crippen molar-refractivity contribution < 1.29 is 9.53 Å². The van der Waals surface area contributed by atoms with E-state index < -0.39 is 0 Å². The number of carbonyl (C=O) groups is 1. The van der Waals surface area contributed by atoms with Crippen molar-refractivity contribution in [3.05, 3.63) is 52.4 Å². The van der Waals surface area contributed by atoms with Gasteiger partial charge in [-0.3, -0.25) is 9.78 Å². The third-order valence-corrected chi connectivity index (χ3v) is 5.98. The van der Waals surface area contributed by atoms with Crippen LogP contribution in [0.3, 0.4) is 0 Å². The van der Waals surface area contributed by atoms with E-state index in [2.05, 4.69) is 60.1 Å². The molecule has 1 saturated heterocycles. The number of nitrogens with zero attached hydrogens (tertiary/aromatic N) is 4. The minimum absolute atomic E-state index is 0.250. The molecule has 1 aliphatic carbocycles. The van der Waals surface area contributed by atoms with Crippen LogP contribution in [0.4, 0.5) is 17.2 Å². The fraction of sp³-hybridized carbons (Fsp3) is 0.517. The summed E-state index contributed by atoms with van der Waals surface area (Å²) in [5.41, 5.74) is 8.72. The molecule has 0 spiro atoms. The van der Waals surface area contributed by atoms with Crippen molar-refractivity contribution in [2.75, 3.05) is 43.6 Å². The van der Waals surface area contributed by atoms with E-state index in [1.807, 2.05) is 60.9 Å². The zero-order chi connectivity index (χ0) is 28.8. The number of ether oxygens (including phenoxy) is 1. The summed E-state index contributed by atoms with van der Waals surface area (Å²) in [6.45, 7) is 15.2. The monoisotopic (exact) mass is 590 g/mol. The number of aliphatic imine (C=N–C) groups is 1. The lowest BCUT2D eigenvalue weighted by Gasteiger charge is -2.27. The van der Waals surface area contributed by atoms with Gasteiger partial charge >= 0.3 is 0 Å². The van der Waals surface area contributed by atoms with E-state index >= 15 is 0 Å². The van der Waals surface area contributed by atoms with Gasteiger partial charge in [0.25, 0.3) is 0 Å². The van der Waals surface area contributed by atoms with Crippen LogP contribution in [0, 0.1) is 6.92 Å². The number of nitrogens with one attached hydrogen (secondary N) is 1. The van der Waals surface area contributed by atoms with Crippen molar-refractivity contribution in [3.8, 4) is 0 Å². The Morgan fingerprint density at radius 3 is 2.11 bits per heavy atom. The molecule has 8 nitrogen and oxygen atoms in total. The second-order valence-electron chi connectivity index (χ2n) is 7.76. The molecule has 1 aliphatic heterocycles. The number of primary amides is 1. The molecule has 0 aromatic carbocycles. The first-order valence-corrected chi connectivity index (χ1v) is 14.3. The van der Waals surface area contributed by atoms with Gasteiger partial charge in [0.2, 0.25) is 6.41 Å². The topological polar surface area (TPSA) is 106 Å². The van der Waals surface area contributed by atoms with Gasteiger partial charge in [0.15, 0.2) is 0 Å². The predicted molar refractivity (Wildman–Crippen MR) is 166 cm³/mol. The molecule has 4 rings (SSSR count). The van der Waals surface area contributed by atoms with E-state index in [0.717, 1.165) is 64.9 Å². The van der Waals surface area contributed by atoms with Crippen LogP contribution in [0.2, 0.25) is 0 Å². The van der Waals surface area contributed by atoms with E-state index in [4.69, 9.17) is 14.5 Å². The molecule has 0 unspecified atom stereocenters. The molecule has 3 heterocycles. The molecular weight excluding hydrogens is 544 g/mol. The fourth-order valence-corrected chi connectivity index (χ4v) is 4.01. The number of amides is 1. The van der Waals surface area contributed by atoms with Crippen LogP contribution >= 0.6 is 15.9 Å². The average Bonchev–Trinajstić information content (AvgIpc) is 2.99. The summed E-state index contributed by atoms with van der Waals surface area (Å²) in [5.74, 6) is 0.982. The highest BCUT2D eigenvalue weighted by atomic mass is 79.9. The highest BCUT2D eigenvalue weighted by molar-refractivity contribution is 9.10. The third kappa shape index (κ3) is 12.6. The number of halogens is 1. The van der Waals surface area contributed by atoms with Crippen LogP contribution in [0.25, 0.3) is 0 Å². The Hall–Kier alpha value is -2.78. The first-order chi connectivity index (χ1) is 18.5. The SMILES string of the molecule is C1=CCCCC1.CC.CC.CNc1c(Br)cnc(C)c1N=C(C)c1ccc(N2CCOCC2)nc1.NC=O. The van der Waals surface area contributed by atoms with Gasteiger partial charge in [-0.2, -0.15) is 0 Å². The van der Waals surface area contributed by atoms with Crippen molar-refractivity contribution >= 4 is 45.2 Å². The Labute approximate surface area is 238 Å². The van der Waals surface area contributed by atoms with Gasteiger partial charge < -0.3 is 20.7 Å². The molecule has 0 atom stereocenters. The molecule has 1 fully saturated rings. The van der Waals surface area contributed by atoms with E-state index in [-0.39, 0.29) is 6.41 Å².